The standard InChI is InChI=1S/C20H17N3O3/c1-23-12-15(13-7-3-5-9-17(13)23)19(24)14(11-21)20(25)22-16-8-4-6-10-18(16)26-2/h3-10,12,14H,1-2H3,(H,22,25)/t14-/m0/s1. The van der Waals surface area contributed by atoms with Crippen molar-refractivity contribution >= 4 is 28.3 Å². The third-order valence-corrected chi connectivity index (χ3v) is 4.18. The van der Waals surface area contributed by atoms with Crippen LogP contribution in [0.3, 0.4) is 0 Å². The highest BCUT2D eigenvalue weighted by Gasteiger charge is 2.30. The normalized spacial score (nSPS) is 11.6. The van der Waals surface area contributed by atoms with Crippen LogP contribution in [0.2, 0.25) is 0 Å². The van der Waals surface area contributed by atoms with Crippen molar-refractivity contribution in [3.63, 3.8) is 0 Å². The average Bonchev–Trinajstić information content (AvgIpc) is 3.00. The first kappa shape index (κ1) is 17.2. The maximum Gasteiger partial charge on any atom is 0.249 e. The number of methoxy groups -OCH3 is 1. The predicted octanol–water partition coefficient (Wildman–Crippen LogP) is 3.15. The number of hydrogen-bond acceptors (Lipinski definition) is 4. The fourth-order valence-electron chi connectivity index (χ4n) is 2.88. The van der Waals surface area contributed by atoms with Gasteiger partial charge in [0, 0.05) is 29.7 Å². The molecule has 3 rings (SSSR count). The number of amides is 1. The Morgan fingerprint density at radius 1 is 1.15 bits per heavy atom. The van der Waals surface area contributed by atoms with Gasteiger partial charge in [0.25, 0.3) is 0 Å². The van der Waals surface area contributed by atoms with Crippen LogP contribution in [0, 0.1) is 17.2 Å². The molecule has 0 aliphatic heterocycles. The highest BCUT2D eigenvalue weighted by molar-refractivity contribution is 6.20. The summed E-state index contributed by atoms with van der Waals surface area (Å²) < 4.78 is 6.98. The SMILES string of the molecule is COc1ccccc1NC(=O)[C@@H](C#N)C(=O)c1cn(C)c2ccccc12. The van der Waals surface area contributed by atoms with Crippen LogP contribution in [-0.2, 0) is 11.8 Å². The number of nitriles is 1. The van der Waals surface area contributed by atoms with E-state index >= 15 is 0 Å². The van der Waals surface area contributed by atoms with E-state index in [0.29, 0.717) is 22.4 Å². The zero-order chi connectivity index (χ0) is 18.7. The lowest BCUT2D eigenvalue weighted by Gasteiger charge is -2.12. The third kappa shape index (κ3) is 3.03. The molecule has 0 saturated heterocycles. The van der Waals surface area contributed by atoms with E-state index in [9.17, 15) is 14.9 Å². The van der Waals surface area contributed by atoms with Crippen LogP contribution in [0.5, 0.6) is 5.75 Å². The van der Waals surface area contributed by atoms with Crippen molar-refractivity contribution in [1.29, 1.82) is 5.26 Å². The smallest absolute Gasteiger partial charge is 0.249 e. The molecule has 1 atom stereocenters. The number of fused-ring (bicyclic) bond motifs is 1. The number of Topliss-reactive ketones (excluding diaryl/α,β-unsaturated/α-hetero) is 1. The van der Waals surface area contributed by atoms with Crippen LogP contribution < -0.4 is 10.1 Å². The second kappa shape index (κ2) is 7.11. The summed E-state index contributed by atoms with van der Waals surface area (Å²) in [6.45, 7) is 0. The first-order valence-electron chi connectivity index (χ1n) is 7.98. The van der Waals surface area contributed by atoms with Gasteiger partial charge in [-0.15, -0.1) is 0 Å². The summed E-state index contributed by atoms with van der Waals surface area (Å²) in [6.07, 6.45) is 1.65. The number of ether oxygens (including phenoxy) is 1. The van der Waals surface area contributed by atoms with Gasteiger partial charge in [0.05, 0.1) is 18.9 Å². The molecule has 6 heteroatoms. The summed E-state index contributed by atoms with van der Waals surface area (Å²) in [6, 6.07) is 16.0. The van der Waals surface area contributed by atoms with Crippen molar-refractivity contribution in [2.45, 2.75) is 0 Å². The molecule has 26 heavy (non-hydrogen) atoms. The Kier molecular flexibility index (Phi) is 4.72. The zero-order valence-electron chi connectivity index (χ0n) is 14.4. The van der Waals surface area contributed by atoms with Crippen LogP contribution in [0.1, 0.15) is 10.4 Å². The number of ketones is 1. The number of aryl methyl sites for hydroxylation is 1. The molecule has 3 aromatic rings. The van der Waals surface area contributed by atoms with Gasteiger partial charge in [-0.25, -0.2) is 0 Å². The number of nitrogens with zero attached hydrogens (tertiary/aromatic N) is 2. The van der Waals surface area contributed by atoms with Crippen molar-refractivity contribution in [1.82, 2.24) is 4.57 Å². The van der Waals surface area contributed by atoms with E-state index in [4.69, 9.17) is 4.74 Å². The van der Waals surface area contributed by atoms with E-state index in [1.807, 2.05) is 31.3 Å². The number of anilines is 1. The quantitative estimate of drug-likeness (QED) is 0.568. The molecule has 0 spiro atoms. The molecule has 0 bridgehead atoms. The van der Waals surface area contributed by atoms with E-state index < -0.39 is 17.6 Å². The van der Waals surface area contributed by atoms with Crippen LogP contribution in [0.25, 0.3) is 10.9 Å². The number of nitrogens with one attached hydrogen (secondary N) is 1. The predicted molar refractivity (Wildman–Crippen MR) is 98.0 cm³/mol. The van der Waals surface area contributed by atoms with Gasteiger partial charge in [0.2, 0.25) is 5.91 Å². The lowest BCUT2D eigenvalue weighted by molar-refractivity contribution is -0.117. The lowest BCUT2D eigenvalue weighted by atomic mass is 9.97. The number of benzene rings is 2. The van der Waals surface area contributed by atoms with Crippen molar-refractivity contribution in [2.75, 3.05) is 12.4 Å². The van der Waals surface area contributed by atoms with E-state index in [2.05, 4.69) is 5.32 Å². The van der Waals surface area contributed by atoms with E-state index in [0.717, 1.165) is 5.52 Å². The summed E-state index contributed by atoms with van der Waals surface area (Å²) >= 11 is 0. The first-order valence-corrected chi connectivity index (χ1v) is 7.98. The van der Waals surface area contributed by atoms with Crippen molar-refractivity contribution in [3.8, 4) is 11.8 Å². The van der Waals surface area contributed by atoms with Gasteiger partial charge in [-0.05, 0) is 18.2 Å². The van der Waals surface area contributed by atoms with Gasteiger partial charge in [-0.1, -0.05) is 30.3 Å². The van der Waals surface area contributed by atoms with Crippen molar-refractivity contribution in [3.05, 3.63) is 60.3 Å². The molecular weight excluding hydrogens is 330 g/mol. The summed E-state index contributed by atoms with van der Waals surface area (Å²) in [5, 5.41) is 12.8. The number of aromatic nitrogens is 1. The molecule has 1 N–H and O–H groups in total. The monoisotopic (exact) mass is 347 g/mol. The molecule has 0 radical (unpaired) electrons. The molecule has 6 nitrogen and oxygen atoms in total. The van der Waals surface area contributed by atoms with E-state index in [1.54, 1.807) is 41.1 Å². The van der Waals surface area contributed by atoms with Crippen LogP contribution in [-0.4, -0.2) is 23.4 Å². The Hall–Kier alpha value is -3.59. The maximum atomic E-state index is 12.9. The summed E-state index contributed by atoms with van der Waals surface area (Å²) in [4.78, 5) is 25.4. The molecule has 0 aliphatic rings. The number of rotatable bonds is 5. The maximum absolute atomic E-state index is 12.9. The molecule has 0 saturated carbocycles. The Morgan fingerprint density at radius 3 is 2.58 bits per heavy atom. The van der Waals surface area contributed by atoms with Gasteiger partial charge in [0.1, 0.15) is 5.75 Å². The number of carbonyl (C=O) groups is 2. The van der Waals surface area contributed by atoms with Gasteiger partial charge < -0.3 is 14.6 Å². The zero-order valence-corrected chi connectivity index (χ0v) is 14.4. The molecular formula is C20H17N3O3. The van der Waals surface area contributed by atoms with Gasteiger partial charge in [0.15, 0.2) is 11.7 Å². The lowest BCUT2D eigenvalue weighted by Crippen LogP contribution is -2.28. The van der Waals surface area contributed by atoms with Gasteiger partial charge in [-0.2, -0.15) is 5.26 Å². The molecule has 0 aliphatic carbocycles. The van der Waals surface area contributed by atoms with E-state index in [-0.39, 0.29) is 0 Å². The largest absolute Gasteiger partial charge is 0.495 e. The molecule has 0 fully saturated rings. The fourth-order valence-corrected chi connectivity index (χ4v) is 2.88. The Labute approximate surface area is 150 Å². The fraction of sp³-hybridized carbons (Fsp3) is 0.150. The van der Waals surface area contributed by atoms with E-state index in [1.165, 1.54) is 7.11 Å². The second-order valence-corrected chi connectivity index (χ2v) is 5.79. The van der Waals surface area contributed by atoms with Crippen LogP contribution in [0.4, 0.5) is 5.69 Å². The van der Waals surface area contributed by atoms with Crippen molar-refractivity contribution < 1.29 is 14.3 Å². The topological polar surface area (TPSA) is 84.1 Å². The third-order valence-electron chi connectivity index (χ3n) is 4.18. The minimum Gasteiger partial charge on any atom is -0.495 e. The minimum absolute atomic E-state index is 0.352. The molecule has 1 amide bonds. The van der Waals surface area contributed by atoms with Gasteiger partial charge >= 0.3 is 0 Å². The highest BCUT2D eigenvalue weighted by atomic mass is 16.5. The molecule has 1 heterocycles. The van der Waals surface area contributed by atoms with Crippen LogP contribution in [0.15, 0.2) is 54.7 Å². The summed E-state index contributed by atoms with van der Waals surface area (Å²) in [7, 11) is 3.30. The minimum atomic E-state index is -1.45. The molecule has 1 aromatic heterocycles. The second-order valence-electron chi connectivity index (χ2n) is 5.79. The highest BCUT2D eigenvalue weighted by Crippen LogP contribution is 2.26. The number of hydrogen-bond donors (Lipinski definition) is 1. The average molecular weight is 347 g/mol. The molecule has 130 valence electrons. The Morgan fingerprint density at radius 2 is 1.85 bits per heavy atom. The molecule has 0 unspecified atom stereocenters. The van der Waals surface area contributed by atoms with Gasteiger partial charge in [-0.3, -0.25) is 9.59 Å². The Balaban J connectivity index is 1.91. The van der Waals surface area contributed by atoms with Crippen LogP contribution >= 0.6 is 0 Å². The first-order chi connectivity index (χ1) is 12.6. The Bertz CT molecular complexity index is 1030. The summed E-state index contributed by atoms with van der Waals surface area (Å²) in [5.41, 5.74) is 1.62. The number of para-hydroxylation sites is 3. The number of carbonyl (C=O) groups excluding carboxylic acids is 2. The molecule has 2 aromatic carbocycles. The van der Waals surface area contributed by atoms with Crippen molar-refractivity contribution in [2.24, 2.45) is 13.0 Å². The summed E-state index contributed by atoms with van der Waals surface area (Å²) in [5.74, 6) is -2.22.